The molecule has 1 unspecified atom stereocenters. The minimum Gasteiger partial charge on any atom is -0.370 e. The predicted molar refractivity (Wildman–Crippen MR) is 81.8 cm³/mol. The van der Waals surface area contributed by atoms with E-state index in [0.717, 1.165) is 23.9 Å². The summed E-state index contributed by atoms with van der Waals surface area (Å²) in [4.78, 5) is 8.80. The molecule has 1 atom stereocenters. The van der Waals surface area contributed by atoms with Gasteiger partial charge in [0.25, 0.3) is 0 Å². The van der Waals surface area contributed by atoms with E-state index >= 15 is 0 Å². The molecule has 0 aliphatic heterocycles. The first-order valence-corrected chi connectivity index (χ1v) is 7.88. The smallest absolute Gasteiger partial charge is 0.137 e. The molecule has 1 heterocycles. The highest BCUT2D eigenvalue weighted by molar-refractivity contribution is 7.98. The lowest BCUT2D eigenvalue weighted by Crippen LogP contribution is -2.19. The summed E-state index contributed by atoms with van der Waals surface area (Å²) < 4.78 is 0. The number of nitrogens with one attached hydrogen (secondary N) is 1. The summed E-state index contributed by atoms with van der Waals surface area (Å²) in [5.74, 6) is 3.33. The Balaban J connectivity index is 2.75. The van der Waals surface area contributed by atoms with Crippen molar-refractivity contribution in [3.05, 3.63) is 17.0 Å². The van der Waals surface area contributed by atoms with Crippen LogP contribution in [0.1, 0.15) is 33.5 Å². The number of halogens is 1. The topological polar surface area (TPSA) is 37.8 Å². The zero-order valence-corrected chi connectivity index (χ0v) is 13.3. The molecule has 1 rings (SSSR count). The van der Waals surface area contributed by atoms with E-state index < -0.39 is 0 Å². The van der Waals surface area contributed by atoms with Crippen LogP contribution in [0.25, 0.3) is 0 Å². The van der Waals surface area contributed by atoms with Crippen molar-refractivity contribution >= 4 is 29.2 Å². The second-order valence-electron chi connectivity index (χ2n) is 5.59. The monoisotopic (exact) mass is 287 g/mol. The van der Waals surface area contributed by atoms with E-state index in [9.17, 15) is 0 Å². The molecule has 1 aromatic rings. The van der Waals surface area contributed by atoms with E-state index in [-0.39, 0.29) is 5.41 Å². The van der Waals surface area contributed by atoms with Crippen LogP contribution in [0.4, 0.5) is 5.82 Å². The van der Waals surface area contributed by atoms with Gasteiger partial charge in [-0.15, -0.1) is 0 Å². The Morgan fingerprint density at radius 2 is 2.06 bits per heavy atom. The first-order chi connectivity index (χ1) is 8.32. The molecule has 18 heavy (non-hydrogen) atoms. The Morgan fingerprint density at radius 1 is 1.39 bits per heavy atom. The standard InChI is InChI=1S/C13H22ClN3S/c1-9(8-18-5)7-15-11-6-10(14)16-12(17-11)13(2,3)4/h6,9H,7-8H2,1-5H3,(H,15,16,17). The minimum atomic E-state index is -0.0911. The summed E-state index contributed by atoms with van der Waals surface area (Å²) in [5, 5.41) is 3.83. The number of hydrogen-bond acceptors (Lipinski definition) is 4. The number of aromatic nitrogens is 2. The first-order valence-electron chi connectivity index (χ1n) is 6.11. The lowest BCUT2D eigenvalue weighted by atomic mass is 9.96. The molecule has 102 valence electrons. The highest BCUT2D eigenvalue weighted by Gasteiger charge is 2.18. The average molecular weight is 288 g/mol. The molecule has 1 aromatic heterocycles. The van der Waals surface area contributed by atoms with E-state index in [0.29, 0.717) is 11.1 Å². The number of anilines is 1. The summed E-state index contributed by atoms with van der Waals surface area (Å²) >= 11 is 7.89. The maximum absolute atomic E-state index is 6.04. The van der Waals surface area contributed by atoms with Crippen LogP contribution in [0.15, 0.2) is 6.07 Å². The van der Waals surface area contributed by atoms with Gasteiger partial charge in [0.15, 0.2) is 0 Å². The zero-order valence-electron chi connectivity index (χ0n) is 11.7. The van der Waals surface area contributed by atoms with E-state index in [1.807, 2.05) is 11.8 Å². The quantitative estimate of drug-likeness (QED) is 0.835. The molecule has 0 saturated heterocycles. The average Bonchev–Trinajstić information content (AvgIpc) is 2.25. The Bertz CT molecular complexity index is 390. The molecule has 5 heteroatoms. The highest BCUT2D eigenvalue weighted by Crippen LogP contribution is 2.22. The van der Waals surface area contributed by atoms with Crippen LogP contribution in [0.5, 0.6) is 0 Å². The summed E-state index contributed by atoms with van der Waals surface area (Å²) in [6.07, 6.45) is 2.12. The van der Waals surface area contributed by atoms with Crippen LogP contribution in [-0.2, 0) is 5.41 Å². The van der Waals surface area contributed by atoms with Gasteiger partial charge in [-0.2, -0.15) is 11.8 Å². The molecule has 0 radical (unpaired) electrons. The Kier molecular flexibility index (Phi) is 5.73. The third-order valence-electron chi connectivity index (χ3n) is 2.45. The van der Waals surface area contributed by atoms with Crippen molar-refractivity contribution in [1.29, 1.82) is 0 Å². The molecular formula is C13H22ClN3S. The van der Waals surface area contributed by atoms with Crippen molar-refractivity contribution in [2.24, 2.45) is 5.92 Å². The number of rotatable bonds is 5. The third kappa shape index (κ3) is 5.02. The summed E-state index contributed by atoms with van der Waals surface area (Å²) in [7, 11) is 0. The van der Waals surface area contributed by atoms with Gasteiger partial charge in [0.05, 0.1) is 0 Å². The molecular weight excluding hydrogens is 266 g/mol. The van der Waals surface area contributed by atoms with E-state index in [1.165, 1.54) is 0 Å². The molecule has 0 aliphatic rings. The Morgan fingerprint density at radius 3 is 2.61 bits per heavy atom. The highest BCUT2D eigenvalue weighted by atomic mass is 35.5. The summed E-state index contributed by atoms with van der Waals surface area (Å²) in [5.41, 5.74) is -0.0911. The molecule has 1 N–H and O–H groups in total. The van der Waals surface area contributed by atoms with Gasteiger partial charge in [0, 0.05) is 18.0 Å². The van der Waals surface area contributed by atoms with Crippen LogP contribution in [0.3, 0.4) is 0 Å². The fraction of sp³-hybridized carbons (Fsp3) is 0.692. The lowest BCUT2D eigenvalue weighted by molar-refractivity contribution is 0.545. The van der Waals surface area contributed by atoms with Crippen molar-refractivity contribution in [2.45, 2.75) is 33.1 Å². The van der Waals surface area contributed by atoms with Gasteiger partial charge in [-0.05, 0) is 17.9 Å². The van der Waals surface area contributed by atoms with Crippen LogP contribution in [-0.4, -0.2) is 28.5 Å². The SMILES string of the molecule is CSCC(C)CNc1cc(Cl)nc(C(C)(C)C)n1. The maximum atomic E-state index is 6.04. The fourth-order valence-electron chi connectivity index (χ4n) is 1.47. The number of thioether (sulfide) groups is 1. The van der Waals surface area contributed by atoms with E-state index in [2.05, 4.69) is 49.2 Å². The van der Waals surface area contributed by atoms with Crippen molar-refractivity contribution in [3.63, 3.8) is 0 Å². The Labute approximate surface area is 119 Å². The zero-order chi connectivity index (χ0) is 13.8. The van der Waals surface area contributed by atoms with Crippen molar-refractivity contribution in [3.8, 4) is 0 Å². The largest absolute Gasteiger partial charge is 0.370 e. The van der Waals surface area contributed by atoms with E-state index in [1.54, 1.807) is 6.07 Å². The molecule has 0 aromatic carbocycles. The van der Waals surface area contributed by atoms with Gasteiger partial charge in [0.1, 0.15) is 16.8 Å². The molecule has 0 spiro atoms. The third-order valence-corrected chi connectivity index (χ3v) is 3.54. The van der Waals surface area contributed by atoms with Crippen molar-refractivity contribution in [1.82, 2.24) is 9.97 Å². The molecule has 0 aliphatic carbocycles. The van der Waals surface area contributed by atoms with Gasteiger partial charge in [-0.25, -0.2) is 9.97 Å². The molecule has 0 bridgehead atoms. The lowest BCUT2D eigenvalue weighted by Gasteiger charge is -2.18. The van der Waals surface area contributed by atoms with Crippen LogP contribution < -0.4 is 5.32 Å². The van der Waals surface area contributed by atoms with Crippen molar-refractivity contribution in [2.75, 3.05) is 23.9 Å². The van der Waals surface area contributed by atoms with Gasteiger partial charge >= 0.3 is 0 Å². The van der Waals surface area contributed by atoms with Gasteiger partial charge in [-0.1, -0.05) is 39.3 Å². The van der Waals surface area contributed by atoms with Crippen molar-refractivity contribution < 1.29 is 0 Å². The summed E-state index contributed by atoms with van der Waals surface area (Å²) in [6, 6.07) is 1.78. The summed E-state index contributed by atoms with van der Waals surface area (Å²) in [6.45, 7) is 9.37. The van der Waals surface area contributed by atoms with Gasteiger partial charge in [0.2, 0.25) is 0 Å². The fourth-order valence-corrected chi connectivity index (χ4v) is 2.34. The molecule has 3 nitrogen and oxygen atoms in total. The molecule has 0 amide bonds. The van der Waals surface area contributed by atoms with Crippen LogP contribution in [0.2, 0.25) is 5.15 Å². The second-order valence-corrected chi connectivity index (χ2v) is 6.89. The molecule has 0 fully saturated rings. The van der Waals surface area contributed by atoms with Crippen LogP contribution in [0, 0.1) is 5.92 Å². The van der Waals surface area contributed by atoms with Gasteiger partial charge < -0.3 is 5.32 Å². The van der Waals surface area contributed by atoms with Gasteiger partial charge in [-0.3, -0.25) is 0 Å². The van der Waals surface area contributed by atoms with E-state index in [4.69, 9.17) is 11.6 Å². The minimum absolute atomic E-state index is 0.0911. The van der Waals surface area contributed by atoms with Crippen LogP contribution >= 0.6 is 23.4 Å². The normalized spacial score (nSPS) is 13.4. The second kappa shape index (κ2) is 6.62. The number of hydrogen-bond donors (Lipinski definition) is 1. The number of nitrogens with zero attached hydrogens (tertiary/aromatic N) is 2. The Hall–Kier alpha value is -0.480. The maximum Gasteiger partial charge on any atom is 0.137 e. The molecule has 0 saturated carbocycles. The first kappa shape index (κ1) is 15.6. The predicted octanol–water partition coefficient (Wildman–Crippen LogP) is 3.84.